The Morgan fingerprint density at radius 3 is 2.63 bits per heavy atom. The molecule has 0 amide bonds. The largest absolute Gasteiger partial charge is 0.481 e. The van der Waals surface area contributed by atoms with Crippen molar-refractivity contribution in [2.24, 2.45) is 0 Å². The molecule has 3 rings (SSSR count). The van der Waals surface area contributed by atoms with Crippen molar-refractivity contribution in [2.75, 3.05) is 7.11 Å². The van der Waals surface area contributed by atoms with Gasteiger partial charge in [-0.15, -0.1) is 0 Å². The van der Waals surface area contributed by atoms with Crippen LogP contribution in [0, 0.1) is 6.92 Å². The summed E-state index contributed by atoms with van der Waals surface area (Å²) < 4.78 is 32.6. The number of aryl methyl sites for hydroxylation is 1. The number of methoxy groups -OCH3 is 1. The average Bonchev–Trinajstić information content (AvgIpc) is 2.78. The van der Waals surface area contributed by atoms with Gasteiger partial charge in [-0.3, -0.25) is 4.40 Å². The van der Waals surface area contributed by atoms with Crippen molar-refractivity contribution < 1.29 is 13.5 Å². The third kappa shape index (κ3) is 1.78. The molecule has 0 aliphatic heterocycles. The molecule has 0 bridgehead atoms. The van der Waals surface area contributed by atoms with Crippen molar-refractivity contribution in [3.05, 3.63) is 29.7 Å². The maximum Gasteiger partial charge on any atom is 0.284 e. The Balaban J connectivity index is 2.46. The third-order valence-corrected chi connectivity index (χ3v) is 2.77. The molecule has 0 spiro atoms. The second kappa shape index (κ2) is 4.11. The van der Waals surface area contributed by atoms with Gasteiger partial charge < -0.3 is 4.74 Å². The first-order valence-electron chi connectivity index (χ1n) is 5.58. The Kier molecular flexibility index (Phi) is 2.55. The van der Waals surface area contributed by atoms with Gasteiger partial charge in [-0.25, -0.2) is 18.7 Å². The highest BCUT2D eigenvalue weighted by Crippen LogP contribution is 2.25. The van der Waals surface area contributed by atoms with Gasteiger partial charge in [0, 0.05) is 12.3 Å². The summed E-state index contributed by atoms with van der Waals surface area (Å²) >= 11 is 0. The minimum absolute atomic E-state index is 0.126. The zero-order chi connectivity index (χ0) is 13.6. The van der Waals surface area contributed by atoms with Crippen LogP contribution in [0.2, 0.25) is 0 Å². The maximum atomic E-state index is 13.0. The van der Waals surface area contributed by atoms with Gasteiger partial charge in [0.25, 0.3) is 6.43 Å². The summed E-state index contributed by atoms with van der Waals surface area (Å²) in [6, 6.07) is 3.18. The number of rotatable bonds is 2. The first kappa shape index (κ1) is 11.8. The van der Waals surface area contributed by atoms with E-state index < -0.39 is 6.43 Å². The molecule has 19 heavy (non-hydrogen) atoms. The van der Waals surface area contributed by atoms with Gasteiger partial charge in [0.1, 0.15) is 5.52 Å². The molecule has 5 nitrogen and oxygen atoms in total. The van der Waals surface area contributed by atoms with Crippen LogP contribution in [0.15, 0.2) is 18.3 Å². The highest BCUT2D eigenvalue weighted by Gasteiger charge is 2.19. The van der Waals surface area contributed by atoms with Gasteiger partial charge in [0.15, 0.2) is 17.0 Å². The topological polar surface area (TPSA) is 52.3 Å². The van der Waals surface area contributed by atoms with Crippen LogP contribution in [0.1, 0.15) is 17.8 Å². The second-order valence-corrected chi connectivity index (χ2v) is 4.07. The highest BCUT2D eigenvalue weighted by molar-refractivity contribution is 5.75. The summed E-state index contributed by atoms with van der Waals surface area (Å²) in [5.41, 5.74) is 1.23. The lowest BCUT2D eigenvalue weighted by molar-refractivity contribution is 0.147. The SMILES string of the molecule is COc1ccc2nc(C(F)F)c3nc(C)cn3c2n1. The van der Waals surface area contributed by atoms with Crippen molar-refractivity contribution in [3.8, 4) is 5.88 Å². The van der Waals surface area contributed by atoms with Gasteiger partial charge in [-0.05, 0) is 13.0 Å². The molecule has 98 valence electrons. The Morgan fingerprint density at radius 2 is 1.95 bits per heavy atom. The smallest absolute Gasteiger partial charge is 0.284 e. The monoisotopic (exact) mass is 264 g/mol. The molecular weight excluding hydrogens is 254 g/mol. The van der Waals surface area contributed by atoms with Gasteiger partial charge in [-0.1, -0.05) is 0 Å². The predicted molar refractivity (Wildman–Crippen MR) is 64.5 cm³/mol. The van der Waals surface area contributed by atoms with Gasteiger partial charge in [-0.2, -0.15) is 4.98 Å². The van der Waals surface area contributed by atoms with Crippen LogP contribution in [-0.4, -0.2) is 26.5 Å². The Bertz CT molecular complexity index is 769. The number of pyridine rings is 1. The quantitative estimate of drug-likeness (QED) is 0.713. The van der Waals surface area contributed by atoms with E-state index in [9.17, 15) is 8.78 Å². The Labute approximate surface area is 106 Å². The van der Waals surface area contributed by atoms with Gasteiger partial charge >= 0.3 is 0 Å². The molecule has 0 N–H and O–H groups in total. The number of aromatic nitrogens is 4. The summed E-state index contributed by atoms with van der Waals surface area (Å²) in [5, 5.41) is 0. The van der Waals surface area contributed by atoms with Crippen molar-refractivity contribution in [1.82, 2.24) is 19.4 Å². The standard InChI is InChI=1S/C12H10F2N4O/c1-6-5-18-11-7(3-4-8(17-11)19-2)16-9(10(13)14)12(18)15-6/h3-5,10H,1-2H3. The van der Waals surface area contributed by atoms with Crippen LogP contribution >= 0.6 is 0 Å². The molecule has 0 aromatic carbocycles. The molecule has 3 heterocycles. The lowest BCUT2D eigenvalue weighted by Gasteiger charge is -2.06. The van der Waals surface area contributed by atoms with E-state index >= 15 is 0 Å². The van der Waals surface area contributed by atoms with Crippen molar-refractivity contribution in [2.45, 2.75) is 13.3 Å². The first-order valence-corrected chi connectivity index (χ1v) is 5.58. The number of hydrogen-bond acceptors (Lipinski definition) is 4. The number of fused-ring (bicyclic) bond motifs is 3. The van der Waals surface area contributed by atoms with Crippen LogP contribution in [0.4, 0.5) is 8.78 Å². The van der Waals surface area contributed by atoms with E-state index in [0.29, 0.717) is 22.7 Å². The van der Waals surface area contributed by atoms with E-state index in [1.807, 2.05) is 0 Å². The molecule has 0 aliphatic carbocycles. The predicted octanol–water partition coefficient (Wildman–Crippen LogP) is 2.53. The summed E-state index contributed by atoms with van der Waals surface area (Å²) in [7, 11) is 1.49. The molecule has 3 aromatic heterocycles. The highest BCUT2D eigenvalue weighted by atomic mass is 19.3. The second-order valence-electron chi connectivity index (χ2n) is 4.07. The molecule has 3 aromatic rings. The third-order valence-electron chi connectivity index (χ3n) is 2.77. The molecule has 0 fully saturated rings. The Hall–Kier alpha value is -2.31. The number of halogens is 2. The molecular formula is C12H10F2N4O. The lowest BCUT2D eigenvalue weighted by atomic mass is 10.3. The summed E-state index contributed by atoms with van der Waals surface area (Å²) in [5.74, 6) is 0.395. The molecule has 0 aliphatic rings. The van der Waals surface area contributed by atoms with E-state index in [-0.39, 0.29) is 11.3 Å². The number of nitrogens with zero attached hydrogens (tertiary/aromatic N) is 4. The molecule has 0 unspecified atom stereocenters. The van der Waals surface area contributed by atoms with Crippen LogP contribution in [0.5, 0.6) is 5.88 Å². The molecule has 0 atom stereocenters. The van der Waals surface area contributed by atoms with Crippen LogP contribution in [-0.2, 0) is 0 Å². The summed E-state index contributed by atoms with van der Waals surface area (Å²) in [6.45, 7) is 1.73. The van der Waals surface area contributed by atoms with E-state index in [1.54, 1.807) is 25.3 Å². The van der Waals surface area contributed by atoms with E-state index in [2.05, 4.69) is 15.0 Å². The lowest BCUT2D eigenvalue weighted by Crippen LogP contribution is -2.01. The van der Waals surface area contributed by atoms with E-state index in [1.165, 1.54) is 11.5 Å². The molecule has 0 radical (unpaired) electrons. The Morgan fingerprint density at radius 1 is 1.16 bits per heavy atom. The minimum atomic E-state index is -2.68. The summed E-state index contributed by atoms with van der Waals surface area (Å²) in [6.07, 6.45) is -1.03. The van der Waals surface area contributed by atoms with Crippen molar-refractivity contribution in [1.29, 1.82) is 0 Å². The van der Waals surface area contributed by atoms with E-state index in [0.717, 1.165) is 0 Å². The normalized spacial score (nSPS) is 11.6. The van der Waals surface area contributed by atoms with Crippen LogP contribution in [0.25, 0.3) is 16.8 Å². The van der Waals surface area contributed by atoms with Crippen molar-refractivity contribution >= 4 is 16.8 Å². The van der Waals surface area contributed by atoms with Crippen LogP contribution < -0.4 is 4.74 Å². The fourth-order valence-electron chi connectivity index (χ4n) is 1.97. The molecule has 0 saturated carbocycles. The average molecular weight is 264 g/mol. The number of imidazole rings is 1. The minimum Gasteiger partial charge on any atom is -0.481 e. The van der Waals surface area contributed by atoms with Crippen molar-refractivity contribution in [3.63, 3.8) is 0 Å². The van der Waals surface area contributed by atoms with Gasteiger partial charge in [0.2, 0.25) is 5.88 Å². The first-order chi connectivity index (χ1) is 9.10. The number of ether oxygens (including phenoxy) is 1. The summed E-state index contributed by atoms with van der Waals surface area (Å²) in [4.78, 5) is 12.2. The molecule has 0 saturated heterocycles. The number of alkyl halides is 2. The van der Waals surface area contributed by atoms with Gasteiger partial charge in [0.05, 0.1) is 12.8 Å². The fraction of sp³-hybridized carbons (Fsp3) is 0.250. The zero-order valence-corrected chi connectivity index (χ0v) is 10.3. The zero-order valence-electron chi connectivity index (χ0n) is 10.3. The van der Waals surface area contributed by atoms with E-state index in [4.69, 9.17) is 4.74 Å². The molecule has 7 heteroatoms. The maximum absolute atomic E-state index is 13.0. The fourth-order valence-corrected chi connectivity index (χ4v) is 1.97. The number of hydrogen-bond donors (Lipinski definition) is 0. The van der Waals surface area contributed by atoms with Crippen LogP contribution in [0.3, 0.4) is 0 Å².